The van der Waals surface area contributed by atoms with Gasteiger partial charge in [-0.3, -0.25) is 4.79 Å². The summed E-state index contributed by atoms with van der Waals surface area (Å²) in [6, 6.07) is 12.1. The number of hydrogen-bond donors (Lipinski definition) is 1. The average molecular weight is 486 g/mol. The Hall–Kier alpha value is -3.79. The first-order chi connectivity index (χ1) is 16.6. The molecule has 10 heteroatoms. The van der Waals surface area contributed by atoms with E-state index in [1.165, 1.54) is 42.1 Å². The predicted octanol–water partition coefficient (Wildman–Crippen LogP) is 4.69. The molecule has 0 aliphatic rings. The van der Waals surface area contributed by atoms with Gasteiger partial charge in [0.2, 0.25) is 0 Å². The van der Waals surface area contributed by atoms with Crippen LogP contribution in [0.5, 0.6) is 0 Å². The summed E-state index contributed by atoms with van der Waals surface area (Å²) in [4.78, 5) is 17.4. The van der Waals surface area contributed by atoms with Crippen molar-refractivity contribution in [2.45, 2.75) is 31.5 Å². The SMILES string of the molecule is COC(=O)[C@](C)(Cc1cccc(F)c1)c1ccnc2c(-c3ccc(C(F)(F)F)cc3)c(CN)nn12. The number of nitrogens with two attached hydrogens (primary N) is 1. The van der Waals surface area contributed by atoms with E-state index < -0.39 is 28.9 Å². The highest BCUT2D eigenvalue weighted by molar-refractivity contribution is 5.84. The van der Waals surface area contributed by atoms with Gasteiger partial charge in [0.25, 0.3) is 0 Å². The summed E-state index contributed by atoms with van der Waals surface area (Å²) in [5, 5.41) is 4.55. The van der Waals surface area contributed by atoms with E-state index in [0.717, 1.165) is 12.1 Å². The Labute approximate surface area is 198 Å². The number of rotatable bonds is 6. The lowest BCUT2D eigenvalue weighted by Gasteiger charge is -2.27. The maximum Gasteiger partial charge on any atom is 0.416 e. The molecule has 0 fully saturated rings. The molecule has 6 nitrogen and oxygen atoms in total. The van der Waals surface area contributed by atoms with Gasteiger partial charge in [-0.05, 0) is 54.8 Å². The summed E-state index contributed by atoms with van der Waals surface area (Å²) in [6.07, 6.45) is -2.89. The fourth-order valence-electron chi connectivity index (χ4n) is 4.22. The second-order valence-electron chi connectivity index (χ2n) is 8.30. The number of carbonyl (C=O) groups excluding carboxylic acids is 1. The quantitative estimate of drug-likeness (QED) is 0.316. The minimum atomic E-state index is -4.47. The molecule has 0 radical (unpaired) electrons. The number of hydrogen-bond acceptors (Lipinski definition) is 5. The monoisotopic (exact) mass is 486 g/mol. The highest BCUT2D eigenvalue weighted by Crippen LogP contribution is 2.36. The van der Waals surface area contributed by atoms with E-state index in [2.05, 4.69) is 10.1 Å². The van der Waals surface area contributed by atoms with Gasteiger partial charge >= 0.3 is 12.1 Å². The van der Waals surface area contributed by atoms with Gasteiger partial charge in [0, 0.05) is 12.7 Å². The molecule has 35 heavy (non-hydrogen) atoms. The zero-order chi connectivity index (χ0) is 25.4. The summed E-state index contributed by atoms with van der Waals surface area (Å²) >= 11 is 0. The lowest BCUT2D eigenvalue weighted by Crippen LogP contribution is -2.38. The van der Waals surface area contributed by atoms with Crippen molar-refractivity contribution in [3.05, 3.63) is 89.1 Å². The van der Waals surface area contributed by atoms with Crippen molar-refractivity contribution in [2.24, 2.45) is 5.73 Å². The van der Waals surface area contributed by atoms with E-state index in [4.69, 9.17) is 10.5 Å². The smallest absolute Gasteiger partial charge is 0.416 e. The maximum absolute atomic E-state index is 13.8. The minimum Gasteiger partial charge on any atom is -0.468 e. The number of alkyl halides is 3. The van der Waals surface area contributed by atoms with E-state index >= 15 is 0 Å². The van der Waals surface area contributed by atoms with Gasteiger partial charge in [-0.15, -0.1) is 0 Å². The number of aromatic nitrogens is 3. The third kappa shape index (κ3) is 4.49. The Kier molecular flexibility index (Phi) is 6.33. The molecule has 0 aliphatic heterocycles. The van der Waals surface area contributed by atoms with Crippen molar-refractivity contribution in [3.63, 3.8) is 0 Å². The van der Waals surface area contributed by atoms with Crippen LogP contribution in [-0.2, 0) is 34.1 Å². The molecule has 0 saturated heterocycles. The molecule has 1 atom stereocenters. The number of esters is 1. The van der Waals surface area contributed by atoms with Crippen molar-refractivity contribution in [1.82, 2.24) is 14.6 Å². The molecule has 4 rings (SSSR count). The van der Waals surface area contributed by atoms with Crippen molar-refractivity contribution in [1.29, 1.82) is 0 Å². The fourth-order valence-corrected chi connectivity index (χ4v) is 4.22. The number of methoxy groups -OCH3 is 1. The van der Waals surface area contributed by atoms with E-state index in [1.807, 2.05) is 0 Å². The molecule has 0 saturated carbocycles. The third-order valence-corrected chi connectivity index (χ3v) is 5.93. The Morgan fingerprint density at radius 3 is 2.43 bits per heavy atom. The topological polar surface area (TPSA) is 82.5 Å². The van der Waals surface area contributed by atoms with Crippen LogP contribution in [0, 0.1) is 5.82 Å². The largest absolute Gasteiger partial charge is 0.468 e. The number of halogens is 4. The molecular formula is C25H22F4N4O2. The molecule has 0 amide bonds. The Balaban J connectivity index is 1.90. The Morgan fingerprint density at radius 1 is 1.11 bits per heavy atom. The van der Waals surface area contributed by atoms with Crippen LogP contribution in [0.25, 0.3) is 16.8 Å². The van der Waals surface area contributed by atoms with Gasteiger partial charge in [0.05, 0.1) is 29.6 Å². The Bertz CT molecular complexity index is 1380. The number of benzene rings is 2. The average Bonchev–Trinajstić information content (AvgIpc) is 3.21. The van der Waals surface area contributed by atoms with Crippen LogP contribution in [0.15, 0.2) is 60.8 Å². The fraction of sp³-hybridized carbons (Fsp3) is 0.240. The van der Waals surface area contributed by atoms with Crippen LogP contribution in [0.2, 0.25) is 0 Å². The zero-order valence-corrected chi connectivity index (χ0v) is 18.9. The summed E-state index contributed by atoms with van der Waals surface area (Å²) in [7, 11) is 1.26. The number of carbonyl (C=O) groups is 1. The van der Waals surface area contributed by atoms with Gasteiger partial charge in [-0.1, -0.05) is 24.3 Å². The molecule has 2 aromatic heterocycles. The zero-order valence-electron chi connectivity index (χ0n) is 18.9. The third-order valence-electron chi connectivity index (χ3n) is 5.93. The van der Waals surface area contributed by atoms with Gasteiger partial charge in [0.1, 0.15) is 11.2 Å². The van der Waals surface area contributed by atoms with Crippen molar-refractivity contribution in [3.8, 4) is 11.1 Å². The summed E-state index contributed by atoms with van der Waals surface area (Å²) < 4.78 is 59.5. The van der Waals surface area contributed by atoms with Crippen LogP contribution in [0.4, 0.5) is 17.6 Å². The second-order valence-corrected chi connectivity index (χ2v) is 8.30. The summed E-state index contributed by atoms with van der Waals surface area (Å²) in [5.74, 6) is -1.01. The predicted molar refractivity (Wildman–Crippen MR) is 121 cm³/mol. The first kappa shape index (κ1) is 24.3. The molecule has 4 aromatic rings. The van der Waals surface area contributed by atoms with Crippen LogP contribution < -0.4 is 5.73 Å². The molecule has 0 unspecified atom stereocenters. The molecule has 2 N–H and O–H groups in total. The Morgan fingerprint density at radius 2 is 1.83 bits per heavy atom. The van der Waals surface area contributed by atoms with Crippen molar-refractivity contribution >= 4 is 11.6 Å². The van der Waals surface area contributed by atoms with E-state index in [1.54, 1.807) is 25.1 Å². The van der Waals surface area contributed by atoms with Crippen LogP contribution in [-0.4, -0.2) is 27.7 Å². The van der Waals surface area contributed by atoms with E-state index in [0.29, 0.717) is 33.7 Å². The normalized spacial score (nSPS) is 13.6. The number of fused-ring (bicyclic) bond motifs is 1. The molecule has 182 valence electrons. The van der Waals surface area contributed by atoms with Gasteiger partial charge in [-0.25, -0.2) is 13.9 Å². The number of ether oxygens (including phenoxy) is 1. The standard InChI is InChI=1S/C25H22F4N4O2/c1-24(23(34)35-2,13-15-4-3-5-18(26)12-15)20-10-11-31-22-21(19(14-30)32-33(20)22)16-6-8-17(9-7-16)25(27,28)29/h3-12H,13-14,30H2,1-2H3/t24-/m1/s1. The van der Waals surface area contributed by atoms with Crippen molar-refractivity contribution in [2.75, 3.05) is 7.11 Å². The van der Waals surface area contributed by atoms with E-state index in [-0.39, 0.29) is 13.0 Å². The molecule has 0 spiro atoms. The van der Waals surface area contributed by atoms with Crippen LogP contribution in [0.3, 0.4) is 0 Å². The minimum absolute atomic E-state index is 0.0159. The van der Waals surface area contributed by atoms with Gasteiger partial charge in [-0.2, -0.15) is 18.3 Å². The first-order valence-electron chi connectivity index (χ1n) is 10.7. The van der Waals surface area contributed by atoms with Crippen LogP contribution >= 0.6 is 0 Å². The van der Waals surface area contributed by atoms with Crippen LogP contribution in [0.1, 0.15) is 29.4 Å². The molecule has 2 heterocycles. The van der Waals surface area contributed by atoms with E-state index in [9.17, 15) is 22.4 Å². The number of nitrogens with zero attached hydrogens (tertiary/aromatic N) is 3. The van der Waals surface area contributed by atoms with Gasteiger partial charge in [0.15, 0.2) is 5.65 Å². The summed E-state index contributed by atoms with van der Waals surface area (Å²) in [6.45, 7) is 1.64. The lowest BCUT2D eigenvalue weighted by molar-refractivity contribution is -0.147. The molecular weight excluding hydrogens is 464 g/mol. The van der Waals surface area contributed by atoms with Gasteiger partial charge < -0.3 is 10.5 Å². The molecule has 0 aliphatic carbocycles. The second kappa shape index (κ2) is 9.10. The highest BCUT2D eigenvalue weighted by atomic mass is 19.4. The molecule has 2 aromatic carbocycles. The first-order valence-corrected chi connectivity index (χ1v) is 10.7. The summed E-state index contributed by atoms with van der Waals surface area (Å²) in [5.41, 5.74) is 6.43. The van der Waals surface area contributed by atoms with Crippen molar-refractivity contribution < 1.29 is 27.1 Å². The highest BCUT2D eigenvalue weighted by Gasteiger charge is 2.40. The molecule has 0 bridgehead atoms. The lowest BCUT2D eigenvalue weighted by atomic mass is 9.80. The maximum atomic E-state index is 13.8.